The molecule has 1 N–H and O–H groups in total. The van der Waals surface area contributed by atoms with Gasteiger partial charge in [0.2, 0.25) is 5.89 Å². The summed E-state index contributed by atoms with van der Waals surface area (Å²) >= 11 is 0. The number of methoxy groups -OCH3 is 2. The highest BCUT2D eigenvalue weighted by Crippen LogP contribution is 2.29. The maximum Gasteiger partial charge on any atom is 0.252 e. The molecule has 0 saturated carbocycles. The molecule has 4 aromatic rings. The van der Waals surface area contributed by atoms with Crippen LogP contribution in [0.5, 0.6) is 11.5 Å². The summed E-state index contributed by atoms with van der Waals surface area (Å²) in [6, 6.07) is 22.3. The lowest BCUT2D eigenvalue weighted by Gasteiger charge is -2.09. The number of oxazole rings is 1. The number of benzene rings is 3. The van der Waals surface area contributed by atoms with Crippen molar-refractivity contribution in [2.45, 2.75) is 6.54 Å². The van der Waals surface area contributed by atoms with Crippen LogP contribution in [0, 0.1) is 0 Å². The topological polar surface area (TPSA) is 73.6 Å². The van der Waals surface area contributed by atoms with E-state index in [1.54, 1.807) is 26.5 Å². The molecule has 31 heavy (non-hydrogen) atoms. The highest BCUT2D eigenvalue weighted by molar-refractivity contribution is 6.00. The molecule has 0 bridgehead atoms. The van der Waals surface area contributed by atoms with Crippen LogP contribution in [0.3, 0.4) is 0 Å². The van der Waals surface area contributed by atoms with Crippen molar-refractivity contribution >= 4 is 5.91 Å². The van der Waals surface area contributed by atoms with Crippen molar-refractivity contribution in [1.82, 2.24) is 10.3 Å². The first-order chi connectivity index (χ1) is 15.2. The molecule has 4 rings (SSSR count). The lowest BCUT2D eigenvalue weighted by atomic mass is 10.1. The number of nitrogens with one attached hydrogen (secondary N) is 1. The van der Waals surface area contributed by atoms with E-state index in [2.05, 4.69) is 10.3 Å². The predicted molar refractivity (Wildman–Crippen MR) is 118 cm³/mol. The summed E-state index contributed by atoms with van der Waals surface area (Å²) in [6.07, 6.45) is 1.65. The third-order valence-electron chi connectivity index (χ3n) is 4.87. The second-order valence-electron chi connectivity index (χ2n) is 6.84. The average molecular weight is 414 g/mol. The van der Waals surface area contributed by atoms with Gasteiger partial charge in [-0.2, -0.15) is 0 Å². The molecule has 156 valence electrons. The van der Waals surface area contributed by atoms with Gasteiger partial charge in [0.1, 0.15) is 11.5 Å². The van der Waals surface area contributed by atoms with Crippen molar-refractivity contribution in [3.63, 3.8) is 0 Å². The highest BCUT2D eigenvalue weighted by Gasteiger charge is 2.17. The predicted octanol–water partition coefficient (Wildman–Crippen LogP) is 4.96. The van der Waals surface area contributed by atoms with E-state index in [0.29, 0.717) is 29.3 Å². The quantitative estimate of drug-likeness (QED) is 0.463. The summed E-state index contributed by atoms with van der Waals surface area (Å²) in [5.41, 5.74) is 2.95. The fourth-order valence-corrected chi connectivity index (χ4v) is 3.20. The molecule has 0 aliphatic carbocycles. The molecule has 3 aromatic carbocycles. The Morgan fingerprint density at radius 2 is 1.71 bits per heavy atom. The zero-order valence-electron chi connectivity index (χ0n) is 17.3. The normalized spacial score (nSPS) is 10.5. The Morgan fingerprint density at radius 1 is 0.935 bits per heavy atom. The third kappa shape index (κ3) is 4.59. The van der Waals surface area contributed by atoms with Crippen molar-refractivity contribution < 1.29 is 18.7 Å². The zero-order chi connectivity index (χ0) is 21.6. The molecule has 0 saturated heterocycles. The minimum Gasteiger partial charge on any atom is -0.497 e. The van der Waals surface area contributed by atoms with E-state index < -0.39 is 0 Å². The highest BCUT2D eigenvalue weighted by atomic mass is 16.5. The Kier molecular flexibility index (Phi) is 5.98. The fourth-order valence-electron chi connectivity index (χ4n) is 3.20. The number of carbonyl (C=O) groups is 1. The first kappa shape index (κ1) is 20.2. The lowest BCUT2D eigenvalue weighted by Crippen LogP contribution is -2.23. The fraction of sp³-hybridized carbons (Fsp3) is 0.120. The number of rotatable bonds is 7. The average Bonchev–Trinajstić information content (AvgIpc) is 3.33. The molecule has 0 spiro atoms. The van der Waals surface area contributed by atoms with Crippen LogP contribution in [-0.2, 0) is 6.54 Å². The standard InChI is InChI=1S/C25H22N2O4/c1-29-19-12-10-17(11-13-19)15-26-24(28)21-8-3-4-9-22(21)25-27-16-23(31-25)18-6-5-7-20(14-18)30-2/h3-14,16H,15H2,1-2H3,(H,26,28). The molecule has 0 aliphatic heterocycles. The molecule has 1 aromatic heterocycles. The molecular weight excluding hydrogens is 392 g/mol. The van der Waals surface area contributed by atoms with E-state index in [-0.39, 0.29) is 5.91 Å². The molecule has 1 amide bonds. The molecule has 6 heteroatoms. The van der Waals surface area contributed by atoms with Gasteiger partial charge in [-0.15, -0.1) is 0 Å². The summed E-state index contributed by atoms with van der Waals surface area (Å²) < 4.78 is 16.4. The minimum atomic E-state index is -0.201. The Bertz CT molecular complexity index is 1180. The molecular formula is C25H22N2O4. The summed E-state index contributed by atoms with van der Waals surface area (Å²) in [6.45, 7) is 0.401. The third-order valence-corrected chi connectivity index (χ3v) is 4.87. The maximum atomic E-state index is 12.9. The Balaban J connectivity index is 1.54. The Hall–Kier alpha value is -4.06. The van der Waals surface area contributed by atoms with Crippen LogP contribution in [0.15, 0.2) is 83.4 Å². The minimum absolute atomic E-state index is 0.201. The summed E-state index contributed by atoms with van der Waals surface area (Å²) in [7, 11) is 3.24. The smallest absolute Gasteiger partial charge is 0.252 e. The van der Waals surface area contributed by atoms with E-state index in [1.807, 2.05) is 66.7 Å². The van der Waals surface area contributed by atoms with Crippen LogP contribution < -0.4 is 14.8 Å². The van der Waals surface area contributed by atoms with Gasteiger partial charge in [-0.3, -0.25) is 4.79 Å². The number of ether oxygens (including phenoxy) is 2. The molecule has 0 fully saturated rings. The van der Waals surface area contributed by atoms with Gasteiger partial charge in [0, 0.05) is 17.7 Å². The van der Waals surface area contributed by atoms with Gasteiger partial charge in [-0.1, -0.05) is 36.4 Å². The van der Waals surface area contributed by atoms with E-state index in [0.717, 1.165) is 22.6 Å². The molecule has 0 atom stereocenters. The number of carbonyl (C=O) groups excluding carboxylic acids is 1. The Morgan fingerprint density at radius 3 is 2.48 bits per heavy atom. The van der Waals surface area contributed by atoms with E-state index >= 15 is 0 Å². The van der Waals surface area contributed by atoms with Gasteiger partial charge in [-0.05, 0) is 42.0 Å². The second-order valence-corrected chi connectivity index (χ2v) is 6.84. The number of aromatic nitrogens is 1. The molecule has 6 nitrogen and oxygen atoms in total. The number of amides is 1. The van der Waals surface area contributed by atoms with Crippen molar-refractivity contribution in [2.24, 2.45) is 0 Å². The molecule has 0 aliphatic rings. The second kappa shape index (κ2) is 9.17. The van der Waals surface area contributed by atoms with Crippen molar-refractivity contribution in [3.8, 4) is 34.3 Å². The lowest BCUT2D eigenvalue weighted by molar-refractivity contribution is 0.0951. The van der Waals surface area contributed by atoms with Gasteiger partial charge in [-0.25, -0.2) is 4.98 Å². The molecule has 0 unspecified atom stereocenters. The number of nitrogens with zero attached hydrogens (tertiary/aromatic N) is 1. The first-order valence-electron chi connectivity index (χ1n) is 9.78. The zero-order valence-corrected chi connectivity index (χ0v) is 17.3. The van der Waals surface area contributed by atoms with Crippen LogP contribution in [-0.4, -0.2) is 25.1 Å². The van der Waals surface area contributed by atoms with Gasteiger partial charge in [0.25, 0.3) is 5.91 Å². The molecule has 0 radical (unpaired) electrons. The largest absolute Gasteiger partial charge is 0.497 e. The monoisotopic (exact) mass is 414 g/mol. The van der Waals surface area contributed by atoms with Gasteiger partial charge in [0.15, 0.2) is 5.76 Å². The van der Waals surface area contributed by atoms with E-state index in [9.17, 15) is 4.79 Å². The van der Waals surface area contributed by atoms with Gasteiger partial charge in [0.05, 0.1) is 26.0 Å². The Labute approximate surface area is 180 Å². The van der Waals surface area contributed by atoms with E-state index in [1.165, 1.54) is 0 Å². The number of hydrogen-bond donors (Lipinski definition) is 1. The summed E-state index contributed by atoms with van der Waals surface area (Å²) in [5, 5.41) is 2.95. The van der Waals surface area contributed by atoms with Crippen LogP contribution in [0.1, 0.15) is 15.9 Å². The van der Waals surface area contributed by atoms with Crippen LogP contribution >= 0.6 is 0 Å². The SMILES string of the molecule is COc1ccc(CNC(=O)c2ccccc2-c2ncc(-c3cccc(OC)c3)o2)cc1. The van der Waals surface area contributed by atoms with Crippen molar-refractivity contribution in [1.29, 1.82) is 0 Å². The molecule has 1 heterocycles. The van der Waals surface area contributed by atoms with Gasteiger partial charge < -0.3 is 19.2 Å². The number of hydrogen-bond acceptors (Lipinski definition) is 5. The van der Waals surface area contributed by atoms with Crippen LogP contribution in [0.25, 0.3) is 22.8 Å². The summed E-state index contributed by atoms with van der Waals surface area (Å²) in [5.74, 6) is 2.29. The van der Waals surface area contributed by atoms with Crippen LogP contribution in [0.4, 0.5) is 0 Å². The van der Waals surface area contributed by atoms with Crippen LogP contribution in [0.2, 0.25) is 0 Å². The summed E-state index contributed by atoms with van der Waals surface area (Å²) in [4.78, 5) is 17.3. The first-order valence-corrected chi connectivity index (χ1v) is 9.78. The van der Waals surface area contributed by atoms with Gasteiger partial charge >= 0.3 is 0 Å². The van der Waals surface area contributed by atoms with Crippen molar-refractivity contribution in [3.05, 3.63) is 90.1 Å². The van der Waals surface area contributed by atoms with Crippen molar-refractivity contribution in [2.75, 3.05) is 14.2 Å². The van der Waals surface area contributed by atoms with E-state index in [4.69, 9.17) is 13.9 Å². The maximum absolute atomic E-state index is 12.9.